The summed E-state index contributed by atoms with van der Waals surface area (Å²) in [7, 11) is 0. The quantitative estimate of drug-likeness (QED) is 0.512. The van der Waals surface area contributed by atoms with Crippen LogP contribution in [0.4, 0.5) is 15.1 Å². The van der Waals surface area contributed by atoms with Gasteiger partial charge in [0, 0.05) is 10.6 Å². The minimum absolute atomic E-state index is 0.197. The summed E-state index contributed by atoms with van der Waals surface area (Å²) in [6.45, 7) is 5.44. The van der Waals surface area contributed by atoms with E-state index in [-0.39, 0.29) is 17.9 Å². The second-order valence-corrected chi connectivity index (χ2v) is 8.66. The van der Waals surface area contributed by atoms with Crippen LogP contribution in [0, 0.1) is 11.7 Å². The molecule has 1 aliphatic rings. The van der Waals surface area contributed by atoms with Crippen molar-refractivity contribution in [3.63, 3.8) is 0 Å². The van der Waals surface area contributed by atoms with Crippen molar-refractivity contribution in [2.75, 3.05) is 17.7 Å². The van der Waals surface area contributed by atoms with E-state index in [1.807, 2.05) is 0 Å². The lowest BCUT2D eigenvalue weighted by molar-refractivity contribution is -0.123. The summed E-state index contributed by atoms with van der Waals surface area (Å²) in [4.78, 5) is 38.6. The summed E-state index contributed by atoms with van der Waals surface area (Å²) in [5, 5.41) is 3.06. The number of hydrogen-bond donors (Lipinski definition) is 2. The Bertz CT molecular complexity index is 1020. The number of thiophene rings is 1. The molecule has 0 saturated heterocycles. The van der Waals surface area contributed by atoms with Crippen LogP contribution in [-0.2, 0) is 27.1 Å². The summed E-state index contributed by atoms with van der Waals surface area (Å²) in [6.07, 6.45) is 1.28. The highest BCUT2D eigenvalue weighted by Gasteiger charge is 2.30. The zero-order valence-corrected chi connectivity index (χ0v) is 18.4. The van der Waals surface area contributed by atoms with Crippen LogP contribution in [-0.4, -0.2) is 30.6 Å². The van der Waals surface area contributed by atoms with Crippen molar-refractivity contribution >= 4 is 39.9 Å². The molecular formula is C22H25FN2O5S. The first kappa shape index (κ1) is 22.7. The molecule has 0 spiro atoms. The monoisotopic (exact) mass is 448 g/mol. The zero-order valence-electron chi connectivity index (χ0n) is 17.6. The van der Waals surface area contributed by atoms with Gasteiger partial charge in [-0.1, -0.05) is 6.92 Å². The van der Waals surface area contributed by atoms with Crippen LogP contribution in [0.1, 0.15) is 58.3 Å². The molecule has 1 heterocycles. The van der Waals surface area contributed by atoms with E-state index in [0.717, 1.165) is 41.8 Å². The Labute approximate surface area is 183 Å². The van der Waals surface area contributed by atoms with E-state index in [1.165, 1.54) is 24.3 Å². The number of ether oxygens (including phenoxy) is 2. The summed E-state index contributed by atoms with van der Waals surface area (Å²) >= 11 is 1.34. The van der Waals surface area contributed by atoms with Gasteiger partial charge >= 0.3 is 11.9 Å². The molecule has 7 nitrogen and oxygen atoms in total. The van der Waals surface area contributed by atoms with Crippen molar-refractivity contribution in [1.82, 2.24) is 0 Å². The molecule has 3 rings (SSSR count). The Kier molecular flexibility index (Phi) is 6.94. The van der Waals surface area contributed by atoms with Crippen molar-refractivity contribution < 1.29 is 28.2 Å². The second-order valence-electron chi connectivity index (χ2n) is 7.55. The van der Waals surface area contributed by atoms with Gasteiger partial charge < -0.3 is 20.5 Å². The number of anilines is 2. The standard InChI is InChI=1S/C22H25FN2O5S/c1-4-29-22(28)18-14-7-5-11(2)9-17(14)31-20(18)25-19(26)12(3)30-21(27)15-10-13(24)6-8-16(15)23/h6,8,10-12H,4-5,7,9,24H2,1-3H3,(H,25,26)/t11-,12-/m1/s1. The Morgan fingerprint density at radius 3 is 2.77 bits per heavy atom. The van der Waals surface area contributed by atoms with Gasteiger partial charge in [-0.3, -0.25) is 4.79 Å². The van der Waals surface area contributed by atoms with Gasteiger partial charge in [-0.05, 0) is 62.8 Å². The molecule has 2 aromatic rings. The number of carbonyl (C=O) groups excluding carboxylic acids is 3. The molecule has 0 saturated carbocycles. The molecule has 0 bridgehead atoms. The number of carbonyl (C=O) groups is 3. The van der Waals surface area contributed by atoms with Crippen LogP contribution in [0.3, 0.4) is 0 Å². The number of nitrogen functional groups attached to an aromatic ring is 1. The number of hydrogen-bond acceptors (Lipinski definition) is 7. The fourth-order valence-electron chi connectivity index (χ4n) is 3.45. The fourth-order valence-corrected chi connectivity index (χ4v) is 4.85. The summed E-state index contributed by atoms with van der Waals surface area (Å²) in [5.74, 6) is -2.43. The average Bonchev–Trinajstić information content (AvgIpc) is 3.06. The normalized spacial score (nSPS) is 16.2. The first-order chi connectivity index (χ1) is 14.7. The topological polar surface area (TPSA) is 108 Å². The summed E-state index contributed by atoms with van der Waals surface area (Å²) in [6, 6.07) is 3.52. The van der Waals surface area contributed by atoms with E-state index in [1.54, 1.807) is 6.92 Å². The fraction of sp³-hybridized carbons (Fsp3) is 0.409. The molecule has 31 heavy (non-hydrogen) atoms. The van der Waals surface area contributed by atoms with Gasteiger partial charge in [0.2, 0.25) is 0 Å². The minimum atomic E-state index is -1.22. The second kappa shape index (κ2) is 9.47. The molecular weight excluding hydrogens is 423 g/mol. The minimum Gasteiger partial charge on any atom is -0.462 e. The third kappa shape index (κ3) is 5.04. The molecule has 1 amide bonds. The number of nitrogens with one attached hydrogen (secondary N) is 1. The number of esters is 2. The number of nitrogens with two attached hydrogens (primary N) is 1. The Morgan fingerprint density at radius 1 is 1.32 bits per heavy atom. The van der Waals surface area contributed by atoms with Gasteiger partial charge in [-0.2, -0.15) is 0 Å². The number of amides is 1. The van der Waals surface area contributed by atoms with E-state index >= 15 is 0 Å². The van der Waals surface area contributed by atoms with Gasteiger partial charge in [0.25, 0.3) is 5.91 Å². The van der Waals surface area contributed by atoms with Gasteiger partial charge in [0.1, 0.15) is 10.8 Å². The Balaban J connectivity index is 1.78. The molecule has 1 aromatic carbocycles. The lowest BCUT2D eigenvalue weighted by Gasteiger charge is -2.18. The van der Waals surface area contributed by atoms with E-state index in [9.17, 15) is 18.8 Å². The first-order valence-corrected chi connectivity index (χ1v) is 10.9. The SMILES string of the molecule is CCOC(=O)c1c(NC(=O)[C@@H](C)OC(=O)c2cc(N)ccc2F)sc2c1CC[C@@H](C)C2. The maximum Gasteiger partial charge on any atom is 0.341 e. The highest BCUT2D eigenvalue weighted by Crippen LogP contribution is 2.40. The molecule has 2 atom stereocenters. The van der Waals surface area contributed by atoms with E-state index in [4.69, 9.17) is 15.2 Å². The predicted molar refractivity (Wildman–Crippen MR) is 116 cm³/mol. The molecule has 9 heteroatoms. The third-order valence-electron chi connectivity index (χ3n) is 5.09. The zero-order chi connectivity index (χ0) is 22.7. The van der Waals surface area contributed by atoms with Crippen LogP contribution in [0.5, 0.6) is 0 Å². The van der Waals surface area contributed by atoms with Crippen LogP contribution in [0.2, 0.25) is 0 Å². The van der Waals surface area contributed by atoms with Crippen molar-refractivity contribution in [2.24, 2.45) is 5.92 Å². The largest absolute Gasteiger partial charge is 0.462 e. The smallest absolute Gasteiger partial charge is 0.341 e. The van der Waals surface area contributed by atoms with Crippen molar-refractivity contribution in [2.45, 2.75) is 46.1 Å². The van der Waals surface area contributed by atoms with Gasteiger partial charge in [-0.25, -0.2) is 14.0 Å². The molecule has 0 unspecified atom stereocenters. The maximum atomic E-state index is 13.9. The highest BCUT2D eigenvalue weighted by atomic mass is 32.1. The highest BCUT2D eigenvalue weighted by molar-refractivity contribution is 7.17. The predicted octanol–water partition coefficient (Wildman–Crippen LogP) is 3.95. The van der Waals surface area contributed by atoms with Crippen molar-refractivity contribution in [1.29, 1.82) is 0 Å². The van der Waals surface area contributed by atoms with Crippen LogP contribution < -0.4 is 11.1 Å². The molecule has 166 valence electrons. The molecule has 0 aliphatic heterocycles. The molecule has 1 aromatic heterocycles. The van der Waals surface area contributed by atoms with Crippen molar-refractivity contribution in [3.05, 3.63) is 45.6 Å². The maximum absolute atomic E-state index is 13.9. The van der Waals surface area contributed by atoms with Gasteiger partial charge in [-0.15, -0.1) is 11.3 Å². The van der Waals surface area contributed by atoms with Gasteiger partial charge in [0.05, 0.1) is 17.7 Å². The van der Waals surface area contributed by atoms with Crippen LogP contribution >= 0.6 is 11.3 Å². The first-order valence-electron chi connectivity index (χ1n) is 10.1. The van der Waals surface area contributed by atoms with E-state index < -0.39 is 29.8 Å². The van der Waals surface area contributed by atoms with Gasteiger partial charge in [0.15, 0.2) is 6.10 Å². The Hall–Kier alpha value is -2.94. The average molecular weight is 449 g/mol. The third-order valence-corrected chi connectivity index (χ3v) is 6.26. The molecule has 3 N–H and O–H groups in total. The lowest BCUT2D eigenvalue weighted by atomic mass is 9.88. The summed E-state index contributed by atoms with van der Waals surface area (Å²) in [5.41, 5.74) is 6.70. The molecule has 1 aliphatic carbocycles. The molecule has 0 fully saturated rings. The summed E-state index contributed by atoms with van der Waals surface area (Å²) < 4.78 is 24.2. The number of rotatable bonds is 6. The lowest BCUT2D eigenvalue weighted by Crippen LogP contribution is -2.30. The van der Waals surface area contributed by atoms with Crippen LogP contribution in [0.15, 0.2) is 18.2 Å². The Morgan fingerprint density at radius 2 is 2.06 bits per heavy atom. The number of halogens is 1. The van der Waals surface area contributed by atoms with E-state index in [0.29, 0.717) is 16.5 Å². The number of benzene rings is 1. The van der Waals surface area contributed by atoms with Crippen molar-refractivity contribution in [3.8, 4) is 0 Å². The molecule has 0 radical (unpaired) electrons. The van der Waals surface area contributed by atoms with E-state index in [2.05, 4.69) is 12.2 Å². The van der Waals surface area contributed by atoms with Crippen LogP contribution in [0.25, 0.3) is 0 Å². The number of fused-ring (bicyclic) bond motifs is 1.